The highest BCUT2D eigenvalue weighted by Gasteiger charge is 2.24. The molecule has 0 unspecified atom stereocenters. The second kappa shape index (κ2) is 2.03. The van der Waals surface area contributed by atoms with E-state index in [1.54, 1.807) is 0 Å². The molecule has 1 heterocycles. The topological polar surface area (TPSA) is 18.5 Å². The molecule has 0 radical (unpaired) electrons. The minimum Gasteiger partial charge on any atom is -0.468 e. The fourth-order valence-electron chi connectivity index (χ4n) is 0.839. The van der Waals surface area contributed by atoms with E-state index in [-0.39, 0.29) is 0 Å². The molecule has 2 nitrogen and oxygen atoms in total. The summed E-state index contributed by atoms with van der Waals surface area (Å²) in [6.45, 7) is 8.21. The molecule has 0 saturated carbocycles. The third-order valence-electron chi connectivity index (χ3n) is 1.22. The first-order valence-electron chi connectivity index (χ1n) is 3.11. The average molecular weight is 128 g/mol. The van der Waals surface area contributed by atoms with Crippen LogP contribution in [-0.4, -0.2) is 12.4 Å². The minimum absolute atomic E-state index is 0.449. The monoisotopic (exact) mass is 128 g/mol. The molecule has 1 saturated heterocycles. The Morgan fingerprint density at radius 3 is 2.56 bits per heavy atom. The largest absolute Gasteiger partial charge is 0.468 e. The van der Waals surface area contributed by atoms with Crippen molar-refractivity contribution in [3.63, 3.8) is 0 Å². The molecule has 2 heteroatoms. The van der Waals surface area contributed by atoms with Gasteiger partial charge in [0.05, 0.1) is 12.4 Å². The summed E-state index contributed by atoms with van der Waals surface area (Å²) in [6, 6.07) is 0. The second-order valence-electron chi connectivity index (χ2n) is 2.64. The highest BCUT2D eigenvalue weighted by molar-refractivity contribution is 4.87. The predicted molar refractivity (Wildman–Crippen MR) is 34.9 cm³/mol. The molecule has 1 aliphatic rings. The Hall–Kier alpha value is -0.500. The van der Waals surface area contributed by atoms with Crippen molar-refractivity contribution in [1.82, 2.24) is 0 Å². The Kier molecular flexibility index (Phi) is 1.49. The van der Waals surface area contributed by atoms with Crippen LogP contribution >= 0.6 is 0 Å². The molecule has 0 spiro atoms. The predicted octanol–water partition coefficient (Wildman–Crippen LogP) is 1.67. The van der Waals surface area contributed by atoms with Crippen molar-refractivity contribution in [3.05, 3.63) is 12.3 Å². The number of hydrogen-bond donors (Lipinski definition) is 0. The van der Waals surface area contributed by atoms with Crippen molar-refractivity contribution < 1.29 is 9.47 Å². The van der Waals surface area contributed by atoms with E-state index in [1.807, 2.05) is 13.8 Å². The molecule has 1 aliphatic heterocycles. The lowest BCUT2D eigenvalue weighted by Gasteiger charge is -2.32. The molecule has 0 aromatic heterocycles. The smallest absolute Gasteiger partial charge is 0.204 e. The van der Waals surface area contributed by atoms with Crippen LogP contribution in [0.25, 0.3) is 0 Å². The maximum atomic E-state index is 5.26. The van der Waals surface area contributed by atoms with Gasteiger partial charge in [-0.1, -0.05) is 6.58 Å². The molecule has 0 N–H and O–H groups in total. The van der Waals surface area contributed by atoms with Gasteiger partial charge in [0.1, 0.15) is 0 Å². The Balaban J connectivity index is 2.51. The molecule has 9 heavy (non-hydrogen) atoms. The summed E-state index contributed by atoms with van der Waals surface area (Å²) in [7, 11) is 0. The molecular formula is C7H12O2. The van der Waals surface area contributed by atoms with Crippen molar-refractivity contribution >= 4 is 0 Å². The Labute approximate surface area is 55.5 Å². The molecule has 0 aromatic rings. The molecule has 0 atom stereocenters. The lowest BCUT2D eigenvalue weighted by atomic mass is 10.3. The van der Waals surface area contributed by atoms with Gasteiger partial charge in [-0.15, -0.1) is 0 Å². The first-order chi connectivity index (χ1) is 4.10. The highest BCUT2D eigenvalue weighted by atomic mass is 16.7. The van der Waals surface area contributed by atoms with Crippen LogP contribution in [0.3, 0.4) is 0 Å². The van der Waals surface area contributed by atoms with Crippen LogP contribution < -0.4 is 0 Å². The van der Waals surface area contributed by atoms with E-state index in [2.05, 4.69) is 6.58 Å². The van der Waals surface area contributed by atoms with E-state index in [1.165, 1.54) is 0 Å². The lowest BCUT2D eigenvalue weighted by molar-refractivity contribution is -0.216. The van der Waals surface area contributed by atoms with E-state index in [0.29, 0.717) is 0 Å². The summed E-state index contributed by atoms with van der Waals surface area (Å²) < 4.78 is 10.5. The van der Waals surface area contributed by atoms with E-state index in [4.69, 9.17) is 9.47 Å². The number of ether oxygens (including phenoxy) is 2. The third-order valence-corrected chi connectivity index (χ3v) is 1.22. The Morgan fingerprint density at radius 2 is 2.22 bits per heavy atom. The van der Waals surface area contributed by atoms with E-state index in [0.717, 1.165) is 18.8 Å². The standard InChI is InChI=1S/C7H12O2/c1-6-4-5-8-7(2,3)9-6/h1,4-5H2,2-3H3. The van der Waals surface area contributed by atoms with Crippen LogP contribution in [-0.2, 0) is 9.47 Å². The zero-order chi connectivity index (χ0) is 6.91. The average Bonchev–Trinajstić information content (AvgIpc) is 1.60. The van der Waals surface area contributed by atoms with Crippen LogP contribution in [0.5, 0.6) is 0 Å². The van der Waals surface area contributed by atoms with Crippen molar-refractivity contribution in [2.45, 2.75) is 26.1 Å². The first-order valence-corrected chi connectivity index (χ1v) is 3.11. The van der Waals surface area contributed by atoms with Crippen LogP contribution in [0.4, 0.5) is 0 Å². The number of rotatable bonds is 0. The van der Waals surface area contributed by atoms with Crippen LogP contribution in [0.2, 0.25) is 0 Å². The van der Waals surface area contributed by atoms with Crippen molar-refractivity contribution in [2.75, 3.05) is 6.61 Å². The van der Waals surface area contributed by atoms with Crippen molar-refractivity contribution in [1.29, 1.82) is 0 Å². The normalized spacial score (nSPS) is 25.3. The summed E-state index contributed by atoms with van der Waals surface area (Å²) in [5.74, 6) is 0.376. The summed E-state index contributed by atoms with van der Waals surface area (Å²) in [4.78, 5) is 0. The third kappa shape index (κ3) is 1.72. The Morgan fingerprint density at radius 1 is 1.56 bits per heavy atom. The van der Waals surface area contributed by atoms with E-state index >= 15 is 0 Å². The van der Waals surface area contributed by atoms with Gasteiger partial charge < -0.3 is 9.47 Å². The van der Waals surface area contributed by atoms with Crippen molar-refractivity contribution in [2.24, 2.45) is 0 Å². The van der Waals surface area contributed by atoms with Gasteiger partial charge in [0, 0.05) is 20.3 Å². The van der Waals surface area contributed by atoms with E-state index < -0.39 is 5.79 Å². The van der Waals surface area contributed by atoms with Gasteiger partial charge in [0.2, 0.25) is 5.79 Å². The molecule has 0 amide bonds. The summed E-state index contributed by atoms with van der Waals surface area (Å²) in [6.07, 6.45) is 0.823. The summed E-state index contributed by atoms with van der Waals surface area (Å²) in [5, 5.41) is 0. The minimum atomic E-state index is -0.449. The lowest BCUT2D eigenvalue weighted by Crippen LogP contribution is -2.32. The molecule has 0 aliphatic carbocycles. The van der Waals surface area contributed by atoms with Crippen molar-refractivity contribution in [3.8, 4) is 0 Å². The summed E-state index contributed by atoms with van der Waals surface area (Å²) in [5.41, 5.74) is 0. The molecular weight excluding hydrogens is 116 g/mol. The van der Waals surface area contributed by atoms with Gasteiger partial charge in [-0.05, 0) is 0 Å². The molecule has 0 bridgehead atoms. The second-order valence-corrected chi connectivity index (χ2v) is 2.64. The van der Waals surface area contributed by atoms with Gasteiger partial charge in [0.15, 0.2) is 0 Å². The molecule has 1 fully saturated rings. The van der Waals surface area contributed by atoms with Crippen LogP contribution in [0.1, 0.15) is 20.3 Å². The maximum Gasteiger partial charge on any atom is 0.204 e. The van der Waals surface area contributed by atoms with E-state index in [9.17, 15) is 0 Å². The fourth-order valence-corrected chi connectivity index (χ4v) is 0.839. The zero-order valence-electron chi connectivity index (χ0n) is 5.94. The molecule has 1 rings (SSSR count). The van der Waals surface area contributed by atoms with Crippen LogP contribution in [0.15, 0.2) is 12.3 Å². The molecule has 52 valence electrons. The summed E-state index contributed by atoms with van der Waals surface area (Å²) >= 11 is 0. The quantitative estimate of drug-likeness (QED) is 0.494. The number of hydrogen-bond acceptors (Lipinski definition) is 2. The van der Waals surface area contributed by atoms with Gasteiger partial charge in [-0.25, -0.2) is 0 Å². The SMILES string of the molecule is C=C1CCOC(C)(C)O1. The maximum absolute atomic E-state index is 5.26. The first kappa shape index (κ1) is 6.62. The highest BCUT2D eigenvalue weighted by Crippen LogP contribution is 2.22. The van der Waals surface area contributed by atoms with Gasteiger partial charge in [-0.2, -0.15) is 0 Å². The zero-order valence-corrected chi connectivity index (χ0v) is 5.94. The fraction of sp³-hybridized carbons (Fsp3) is 0.714. The Bertz CT molecular complexity index is 127. The van der Waals surface area contributed by atoms with Crippen LogP contribution in [0, 0.1) is 0 Å². The van der Waals surface area contributed by atoms with Gasteiger partial charge in [0.25, 0.3) is 0 Å². The van der Waals surface area contributed by atoms with Gasteiger partial charge in [-0.3, -0.25) is 0 Å². The molecule has 0 aromatic carbocycles. The van der Waals surface area contributed by atoms with Gasteiger partial charge >= 0.3 is 0 Å².